The topological polar surface area (TPSA) is 71.8 Å². The number of aromatic nitrogens is 2. The lowest BCUT2D eigenvalue weighted by molar-refractivity contribution is -0.118. The first-order valence-corrected chi connectivity index (χ1v) is 5.13. The molecular formula is C12H13N3O. The van der Waals surface area contributed by atoms with E-state index in [0.29, 0.717) is 12.8 Å². The molecule has 0 unspecified atom stereocenters. The number of hydrogen-bond donors (Lipinski definition) is 2. The van der Waals surface area contributed by atoms with Crippen LogP contribution in [0, 0.1) is 0 Å². The summed E-state index contributed by atoms with van der Waals surface area (Å²) in [4.78, 5) is 18.1. The number of imidazole rings is 1. The van der Waals surface area contributed by atoms with E-state index >= 15 is 0 Å². The number of primary amides is 1. The summed E-state index contributed by atoms with van der Waals surface area (Å²) in [5.41, 5.74) is 7.05. The molecule has 2 rings (SSSR count). The van der Waals surface area contributed by atoms with Crippen molar-refractivity contribution < 1.29 is 4.79 Å². The lowest BCUT2D eigenvalue weighted by Crippen LogP contribution is -2.11. The third-order valence-electron chi connectivity index (χ3n) is 2.32. The highest BCUT2D eigenvalue weighted by Crippen LogP contribution is 2.15. The van der Waals surface area contributed by atoms with Crippen LogP contribution in [0.15, 0.2) is 36.5 Å². The van der Waals surface area contributed by atoms with Gasteiger partial charge >= 0.3 is 0 Å². The highest BCUT2D eigenvalue weighted by atomic mass is 16.1. The Hall–Kier alpha value is -2.10. The van der Waals surface area contributed by atoms with Gasteiger partial charge in [0.25, 0.3) is 0 Å². The van der Waals surface area contributed by atoms with Gasteiger partial charge in [0.05, 0.1) is 0 Å². The third-order valence-corrected chi connectivity index (χ3v) is 2.32. The van der Waals surface area contributed by atoms with E-state index in [4.69, 9.17) is 5.73 Å². The molecule has 0 radical (unpaired) electrons. The number of nitrogens with two attached hydrogens (primary N) is 1. The number of amides is 1. The molecule has 0 atom stereocenters. The standard InChI is InChI=1S/C12H13N3O/c13-11(16)7-6-10-8-14-12(15-10)9-4-2-1-3-5-9/h1-5,8H,6-7H2,(H2,13,16)(H,14,15). The first kappa shape index (κ1) is 10.4. The predicted octanol–water partition coefficient (Wildman–Crippen LogP) is 1.49. The normalized spacial score (nSPS) is 10.2. The highest BCUT2D eigenvalue weighted by molar-refractivity contribution is 5.73. The smallest absolute Gasteiger partial charge is 0.217 e. The Morgan fingerprint density at radius 2 is 2.06 bits per heavy atom. The van der Waals surface area contributed by atoms with E-state index in [1.807, 2.05) is 30.3 Å². The Labute approximate surface area is 93.5 Å². The molecule has 0 fully saturated rings. The zero-order valence-electron chi connectivity index (χ0n) is 8.81. The van der Waals surface area contributed by atoms with E-state index in [1.54, 1.807) is 6.20 Å². The predicted molar refractivity (Wildman–Crippen MR) is 61.5 cm³/mol. The second-order valence-electron chi connectivity index (χ2n) is 3.59. The molecule has 0 aliphatic rings. The van der Waals surface area contributed by atoms with E-state index in [1.165, 1.54) is 0 Å². The number of nitrogens with one attached hydrogen (secondary N) is 1. The summed E-state index contributed by atoms with van der Waals surface area (Å²) in [6.07, 6.45) is 2.69. The lowest BCUT2D eigenvalue weighted by Gasteiger charge is -1.95. The van der Waals surface area contributed by atoms with Crippen LogP contribution in [-0.2, 0) is 11.2 Å². The zero-order chi connectivity index (χ0) is 11.4. The van der Waals surface area contributed by atoms with Crippen LogP contribution in [0.1, 0.15) is 12.1 Å². The zero-order valence-corrected chi connectivity index (χ0v) is 8.81. The molecule has 0 aliphatic heterocycles. The fourth-order valence-corrected chi connectivity index (χ4v) is 1.49. The summed E-state index contributed by atoms with van der Waals surface area (Å²) in [6.45, 7) is 0. The number of nitrogens with zero attached hydrogens (tertiary/aromatic N) is 1. The van der Waals surface area contributed by atoms with Crippen molar-refractivity contribution >= 4 is 5.91 Å². The van der Waals surface area contributed by atoms with Gasteiger partial charge in [-0.25, -0.2) is 4.98 Å². The van der Waals surface area contributed by atoms with Crippen molar-refractivity contribution in [3.05, 3.63) is 42.2 Å². The molecule has 3 N–H and O–H groups in total. The van der Waals surface area contributed by atoms with Crippen LogP contribution in [-0.4, -0.2) is 15.9 Å². The van der Waals surface area contributed by atoms with Gasteiger partial charge in [0, 0.05) is 23.9 Å². The number of carbonyl (C=O) groups is 1. The van der Waals surface area contributed by atoms with E-state index in [2.05, 4.69) is 9.97 Å². The largest absolute Gasteiger partial charge is 0.370 e. The molecule has 1 heterocycles. The molecule has 2 aromatic rings. The Balaban J connectivity index is 2.11. The van der Waals surface area contributed by atoms with E-state index in [9.17, 15) is 4.79 Å². The maximum atomic E-state index is 10.6. The molecule has 16 heavy (non-hydrogen) atoms. The summed E-state index contributed by atoms with van der Waals surface area (Å²) in [6, 6.07) is 9.84. The molecule has 0 aliphatic carbocycles. The summed E-state index contributed by atoms with van der Waals surface area (Å²) in [5.74, 6) is 0.524. The summed E-state index contributed by atoms with van der Waals surface area (Å²) < 4.78 is 0. The van der Waals surface area contributed by atoms with Gasteiger partial charge in [0.2, 0.25) is 5.91 Å². The number of benzene rings is 1. The fraction of sp³-hybridized carbons (Fsp3) is 0.167. The molecule has 1 amide bonds. The molecule has 0 saturated carbocycles. The lowest BCUT2D eigenvalue weighted by atomic mass is 10.2. The summed E-state index contributed by atoms with van der Waals surface area (Å²) >= 11 is 0. The fourth-order valence-electron chi connectivity index (χ4n) is 1.49. The Bertz CT molecular complexity index is 476. The van der Waals surface area contributed by atoms with Crippen LogP contribution >= 0.6 is 0 Å². The van der Waals surface area contributed by atoms with Crippen LogP contribution < -0.4 is 5.73 Å². The SMILES string of the molecule is NC(=O)CCc1cnc(-c2ccccc2)[nH]1. The summed E-state index contributed by atoms with van der Waals surface area (Å²) in [5, 5.41) is 0. The minimum atomic E-state index is -0.295. The van der Waals surface area contributed by atoms with Crippen molar-refractivity contribution in [3.8, 4) is 11.4 Å². The maximum Gasteiger partial charge on any atom is 0.217 e. The monoisotopic (exact) mass is 215 g/mol. The average molecular weight is 215 g/mol. The number of H-pyrrole nitrogens is 1. The van der Waals surface area contributed by atoms with E-state index in [-0.39, 0.29) is 5.91 Å². The van der Waals surface area contributed by atoms with Gasteiger partial charge in [-0.15, -0.1) is 0 Å². The second kappa shape index (κ2) is 4.61. The van der Waals surface area contributed by atoms with Gasteiger partial charge in [0.1, 0.15) is 5.82 Å². The first-order chi connectivity index (χ1) is 7.75. The Morgan fingerprint density at radius 1 is 1.31 bits per heavy atom. The molecule has 4 nitrogen and oxygen atoms in total. The second-order valence-corrected chi connectivity index (χ2v) is 3.59. The first-order valence-electron chi connectivity index (χ1n) is 5.13. The van der Waals surface area contributed by atoms with Crippen molar-refractivity contribution in [2.24, 2.45) is 5.73 Å². The quantitative estimate of drug-likeness (QED) is 0.811. The van der Waals surface area contributed by atoms with Gasteiger partial charge in [-0.1, -0.05) is 30.3 Å². The minimum Gasteiger partial charge on any atom is -0.370 e. The van der Waals surface area contributed by atoms with Crippen LogP contribution in [0.25, 0.3) is 11.4 Å². The molecule has 1 aromatic carbocycles. The van der Waals surface area contributed by atoms with E-state index in [0.717, 1.165) is 17.1 Å². The van der Waals surface area contributed by atoms with Crippen molar-refractivity contribution in [2.75, 3.05) is 0 Å². The molecule has 0 spiro atoms. The number of rotatable bonds is 4. The van der Waals surface area contributed by atoms with E-state index < -0.39 is 0 Å². The van der Waals surface area contributed by atoms with Crippen molar-refractivity contribution in [1.29, 1.82) is 0 Å². The highest BCUT2D eigenvalue weighted by Gasteiger charge is 2.03. The average Bonchev–Trinajstić information content (AvgIpc) is 2.76. The van der Waals surface area contributed by atoms with Gasteiger partial charge in [-0.3, -0.25) is 4.79 Å². The maximum absolute atomic E-state index is 10.6. The third kappa shape index (κ3) is 2.48. The number of hydrogen-bond acceptors (Lipinski definition) is 2. The van der Waals surface area contributed by atoms with Crippen LogP contribution in [0.3, 0.4) is 0 Å². The Morgan fingerprint density at radius 3 is 2.75 bits per heavy atom. The molecule has 0 bridgehead atoms. The van der Waals surface area contributed by atoms with Gasteiger partial charge < -0.3 is 10.7 Å². The van der Waals surface area contributed by atoms with Crippen LogP contribution in [0.5, 0.6) is 0 Å². The van der Waals surface area contributed by atoms with Crippen molar-refractivity contribution in [1.82, 2.24) is 9.97 Å². The number of aromatic amines is 1. The molecular weight excluding hydrogens is 202 g/mol. The minimum absolute atomic E-state index is 0.295. The molecule has 4 heteroatoms. The molecule has 82 valence electrons. The molecule has 1 aromatic heterocycles. The van der Waals surface area contributed by atoms with Gasteiger partial charge in [0.15, 0.2) is 0 Å². The van der Waals surface area contributed by atoms with Gasteiger partial charge in [-0.05, 0) is 6.42 Å². The number of carbonyl (C=O) groups excluding carboxylic acids is 1. The van der Waals surface area contributed by atoms with Crippen molar-refractivity contribution in [3.63, 3.8) is 0 Å². The Kier molecular flexibility index (Phi) is 3.00. The summed E-state index contributed by atoms with van der Waals surface area (Å²) in [7, 11) is 0. The molecule has 0 saturated heterocycles. The number of aryl methyl sites for hydroxylation is 1. The van der Waals surface area contributed by atoms with Gasteiger partial charge in [-0.2, -0.15) is 0 Å². The van der Waals surface area contributed by atoms with Crippen LogP contribution in [0.4, 0.5) is 0 Å². The van der Waals surface area contributed by atoms with Crippen LogP contribution in [0.2, 0.25) is 0 Å². The van der Waals surface area contributed by atoms with Crippen molar-refractivity contribution in [2.45, 2.75) is 12.8 Å².